The van der Waals surface area contributed by atoms with Crippen molar-refractivity contribution in [2.24, 2.45) is 5.16 Å². The number of amides is 1. The van der Waals surface area contributed by atoms with E-state index in [9.17, 15) is 9.59 Å². The predicted molar refractivity (Wildman–Crippen MR) is 99.0 cm³/mol. The van der Waals surface area contributed by atoms with E-state index in [-0.39, 0.29) is 28.8 Å². The molecule has 0 saturated carbocycles. The van der Waals surface area contributed by atoms with Crippen LogP contribution in [0.25, 0.3) is 0 Å². The Morgan fingerprint density at radius 2 is 2.00 bits per heavy atom. The molecular weight excluding hydrogens is 374 g/mol. The molecule has 2 rings (SSSR count). The number of carbonyl (C=O) groups excluding carboxylic acids is 2. The molecule has 1 aromatic carbocycles. The second-order valence-corrected chi connectivity index (χ2v) is 5.56. The third kappa shape index (κ3) is 4.95. The number of nitrogens with zero attached hydrogens (tertiary/aromatic N) is 2. The number of hydrogen-bond acceptors (Lipinski definition) is 7. The normalized spacial score (nSPS) is 10.9. The summed E-state index contributed by atoms with van der Waals surface area (Å²) in [5, 5.41) is 6.47. The topological polar surface area (TPSA) is 99.1 Å². The Labute approximate surface area is 161 Å². The Kier molecular flexibility index (Phi) is 7.13. The number of benzene rings is 1. The lowest BCUT2D eigenvalue weighted by molar-refractivity contribution is -0.114. The first-order chi connectivity index (χ1) is 13.0. The molecule has 1 aromatic heterocycles. The van der Waals surface area contributed by atoms with Gasteiger partial charge in [-0.05, 0) is 11.6 Å². The van der Waals surface area contributed by atoms with E-state index in [0.717, 1.165) is 0 Å². The predicted octanol–water partition coefficient (Wildman–Crippen LogP) is 2.20. The number of nitrogens with one attached hydrogen (secondary N) is 1. The van der Waals surface area contributed by atoms with Crippen molar-refractivity contribution in [1.29, 1.82) is 0 Å². The average Bonchev–Trinajstić information content (AvgIpc) is 2.70. The lowest BCUT2D eigenvalue weighted by Gasteiger charge is -2.12. The van der Waals surface area contributed by atoms with E-state index in [2.05, 4.69) is 20.2 Å². The van der Waals surface area contributed by atoms with Crippen LogP contribution >= 0.6 is 11.6 Å². The second-order valence-electron chi connectivity index (χ2n) is 5.15. The van der Waals surface area contributed by atoms with Gasteiger partial charge in [-0.25, -0.2) is 9.78 Å². The van der Waals surface area contributed by atoms with Crippen molar-refractivity contribution in [2.75, 3.05) is 21.3 Å². The summed E-state index contributed by atoms with van der Waals surface area (Å²) in [4.78, 5) is 32.4. The molecule has 2 aromatic rings. The maximum atomic E-state index is 12.1. The standard InChI is InChI=1S/C18H18ClN3O5/c1-20-16(23)15(22-26-3)13-7-5-4-6-11(13)10-27-17-14(19)8-12(9-21-17)18(24)25-2/h4-9H,10H2,1-3H3,(H,20,23). The molecule has 0 unspecified atom stereocenters. The first kappa shape index (κ1) is 20.2. The largest absolute Gasteiger partial charge is 0.472 e. The molecule has 0 fully saturated rings. The minimum atomic E-state index is -0.549. The van der Waals surface area contributed by atoms with Crippen LogP contribution in [-0.2, 0) is 21.0 Å². The molecule has 0 radical (unpaired) electrons. The summed E-state index contributed by atoms with van der Waals surface area (Å²) in [6, 6.07) is 8.47. The third-order valence-corrected chi connectivity index (χ3v) is 3.76. The molecule has 0 aliphatic rings. The maximum Gasteiger partial charge on any atom is 0.339 e. The Morgan fingerprint density at radius 3 is 2.63 bits per heavy atom. The number of hydrogen-bond donors (Lipinski definition) is 1. The first-order valence-electron chi connectivity index (χ1n) is 7.80. The van der Waals surface area contributed by atoms with Crippen molar-refractivity contribution in [2.45, 2.75) is 6.61 Å². The van der Waals surface area contributed by atoms with Gasteiger partial charge in [0.2, 0.25) is 5.88 Å². The van der Waals surface area contributed by atoms with Crippen LogP contribution < -0.4 is 10.1 Å². The zero-order valence-corrected chi connectivity index (χ0v) is 15.7. The van der Waals surface area contributed by atoms with Gasteiger partial charge in [0.1, 0.15) is 18.7 Å². The summed E-state index contributed by atoms with van der Waals surface area (Å²) < 4.78 is 10.3. The van der Waals surface area contributed by atoms with Crippen LogP contribution in [0.1, 0.15) is 21.5 Å². The fourth-order valence-electron chi connectivity index (χ4n) is 2.21. The quantitative estimate of drug-likeness (QED) is 0.441. The number of carbonyl (C=O) groups is 2. The van der Waals surface area contributed by atoms with Gasteiger partial charge >= 0.3 is 5.97 Å². The van der Waals surface area contributed by atoms with Crippen molar-refractivity contribution in [3.8, 4) is 5.88 Å². The molecule has 142 valence electrons. The summed E-state index contributed by atoms with van der Waals surface area (Å²) in [5.74, 6) is -0.806. The third-order valence-electron chi connectivity index (χ3n) is 3.49. The van der Waals surface area contributed by atoms with E-state index in [1.807, 2.05) is 0 Å². The molecule has 0 aliphatic carbocycles. The van der Waals surface area contributed by atoms with Crippen LogP contribution in [-0.4, -0.2) is 43.8 Å². The van der Waals surface area contributed by atoms with Gasteiger partial charge < -0.3 is 19.6 Å². The number of halogens is 1. The molecule has 8 nitrogen and oxygen atoms in total. The molecule has 1 N–H and O–H groups in total. The van der Waals surface area contributed by atoms with E-state index in [0.29, 0.717) is 11.1 Å². The van der Waals surface area contributed by atoms with Crippen molar-refractivity contribution in [3.63, 3.8) is 0 Å². The number of esters is 1. The summed E-state index contributed by atoms with van der Waals surface area (Å²) >= 11 is 6.12. The minimum absolute atomic E-state index is 0.0696. The van der Waals surface area contributed by atoms with Crippen LogP contribution in [0.2, 0.25) is 5.02 Å². The summed E-state index contributed by atoms with van der Waals surface area (Å²) in [7, 11) is 4.12. The van der Waals surface area contributed by atoms with Gasteiger partial charge in [0.25, 0.3) is 5.91 Å². The van der Waals surface area contributed by atoms with Crippen molar-refractivity contribution in [3.05, 3.63) is 58.2 Å². The highest BCUT2D eigenvalue weighted by Gasteiger charge is 2.18. The van der Waals surface area contributed by atoms with Gasteiger partial charge in [0.15, 0.2) is 5.71 Å². The monoisotopic (exact) mass is 391 g/mol. The lowest BCUT2D eigenvalue weighted by atomic mass is 10.0. The molecule has 0 saturated heterocycles. The Balaban J connectivity index is 2.26. The smallest absolute Gasteiger partial charge is 0.339 e. The van der Waals surface area contributed by atoms with E-state index in [1.165, 1.54) is 33.5 Å². The molecule has 9 heteroatoms. The molecule has 0 atom stereocenters. The SMILES string of the molecule is CNC(=O)C(=NOC)c1ccccc1COc1ncc(C(=O)OC)cc1Cl. The van der Waals surface area contributed by atoms with E-state index < -0.39 is 11.9 Å². The highest BCUT2D eigenvalue weighted by molar-refractivity contribution is 6.45. The van der Waals surface area contributed by atoms with Crippen LogP contribution in [0.5, 0.6) is 5.88 Å². The van der Waals surface area contributed by atoms with Crippen molar-refractivity contribution in [1.82, 2.24) is 10.3 Å². The Bertz CT molecular complexity index is 870. The maximum absolute atomic E-state index is 12.1. The van der Waals surface area contributed by atoms with Crippen LogP contribution in [0.4, 0.5) is 0 Å². The van der Waals surface area contributed by atoms with Crippen LogP contribution in [0.3, 0.4) is 0 Å². The molecule has 27 heavy (non-hydrogen) atoms. The van der Waals surface area contributed by atoms with Crippen molar-refractivity contribution < 1.29 is 23.9 Å². The zero-order chi connectivity index (χ0) is 19.8. The number of pyridine rings is 1. The zero-order valence-electron chi connectivity index (χ0n) is 15.0. The lowest BCUT2D eigenvalue weighted by Crippen LogP contribution is -2.29. The summed E-state index contributed by atoms with van der Waals surface area (Å²) in [5.41, 5.74) is 1.54. The molecule has 0 bridgehead atoms. The number of oxime groups is 1. The van der Waals surface area contributed by atoms with E-state index in [1.54, 1.807) is 24.3 Å². The summed E-state index contributed by atoms with van der Waals surface area (Å²) in [6.07, 6.45) is 1.31. The number of likely N-dealkylation sites (N-methyl/N-ethyl adjacent to an activating group) is 1. The fourth-order valence-corrected chi connectivity index (χ4v) is 2.43. The molecular formula is C18H18ClN3O5. The van der Waals surface area contributed by atoms with Gasteiger partial charge in [-0.3, -0.25) is 4.79 Å². The second kappa shape index (κ2) is 9.54. The van der Waals surface area contributed by atoms with Crippen LogP contribution in [0.15, 0.2) is 41.7 Å². The Hall–Kier alpha value is -3.13. The van der Waals surface area contributed by atoms with Gasteiger partial charge in [-0.1, -0.05) is 41.0 Å². The van der Waals surface area contributed by atoms with E-state index in [4.69, 9.17) is 21.2 Å². The van der Waals surface area contributed by atoms with Crippen LogP contribution in [0, 0.1) is 0 Å². The highest BCUT2D eigenvalue weighted by Crippen LogP contribution is 2.24. The minimum Gasteiger partial charge on any atom is -0.472 e. The van der Waals surface area contributed by atoms with Gasteiger partial charge in [-0.2, -0.15) is 0 Å². The molecule has 0 aliphatic heterocycles. The average molecular weight is 392 g/mol. The number of rotatable bonds is 7. The van der Waals surface area contributed by atoms with Crippen molar-refractivity contribution >= 4 is 29.2 Å². The van der Waals surface area contributed by atoms with Gasteiger partial charge in [0.05, 0.1) is 12.7 Å². The molecule has 0 spiro atoms. The number of methoxy groups -OCH3 is 1. The Morgan fingerprint density at radius 1 is 1.26 bits per heavy atom. The first-order valence-corrected chi connectivity index (χ1v) is 8.17. The fraction of sp³-hybridized carbons (Fsp3) is 0.222. The molecule has 1 amide bonds. The number of ether oxygens (including phenoxy) is 2. The molecule has 1 heterocycles. The van der Waals surface area contributed by atoms with E-state index >= 15 is 0 Å². The van der Waals surface area contributed by atoms with Gasteiger partial charge in [0, 0.05) is 18.8 Å². The highest BCUT2D eigenvalue weighted by atomic mass is 35.5. The van der Waals surface area contributed by atoms with Gasteiger partial charge in [-0.15, -0.1) is 0 Å². The summed E-state index contributed by atoms with van der Waals surface area (Å²) in [6.45, 7) is 0.0696. The number of aromatic nitrogens is 1.